The molecule has 0 aliphatic rings. The second-order valence-electron chi connectivity index (χ2n) is 3.95. The Labute approximate surface area is 125 Å². The summed E-state index contributed by atoms with van der Waals surface area (Å²) in [5.74, 6) is -0.0740. The first-order valence-electron chi connectivity index (χ1n) is 5.76. The average molecular weight is 365 g/mol. The van der Waals surface area contributed by atoms with Crippen LogP contribution in [0.5, 0.6) is 0 Å². The van der Waals surface area contributed by atoms with Gasteiger partial charge in [-0.05, 0) is 24.3 Å². The van der Waals surface area contributed by atoms with E-state index < -0.39 is 0 Å². The summed E-state index contributed by atoms with van der Waals surface area (Å²) in [6, 6.07) is 16.0. The Morgan fingerprint density at radius 2 is 1.47 bits per heavy atom. The fraction of sp³-hybridized carbons (Fsp3) is 0.0667. The van der Waals surface area contributed by atoms with Gasteiger partial charge in [0.25, 0.3) is 0 Å². The van der Waals surface area contributed by atoms with Gasteiger partial charge in [-0.3, -0.25) is 9.59 Å². The molecule has 3 nitrogen and oxygen atoms in total. The van der Waals surface area contributed by atoms with Gasteiger partial charge in [-0.15, -0.1) is 0 Å². The molecule has 0 saturated heterocycles. The first kappa shape index (κ1) is 13.7. The molecule has 0 unspecified atom stereocenters. The predicted octanol–water partition coefficient (Wildman–Crippen LogP) is 3.29. The van der Waals surface area contributed by atoms with Crippen molar-refractivity contribution in [1.29, 1.82) is 0 Å². The van der Waals surface area contributed by atoms with Crippen molar-refractivity contribution in [2.75, 3.05) is 9.74 Å². The smallest absolute Gasteiger partial charge is 0.234 e. The Balaban J connectivity index is 2.15. The van der Waals surface area contributed by atoms with E-state index in [4.69, 9.17) is 0 Å². The summed E-state index contributed by atoms with van der Waals surface area (Å²) in [6.07, 6.45) is 0. The number of ketones is 1. The van der Waals surface area contributed by atoms with E-state index in [2.05, 4.69) is 5.32 Å². The third-order valence-electron chi connectivity index (χ3n) is 2.59. The summed E-state index contributed by atoms with van der Waals surface area (Å²) in [5.41, 5.74) is 1.97. The van der Waals surface area contributed by atoms with E-state index in [-0.39, 0.29) is 11.7 Å². The van der Waals surface area contributed by atoms with E-state index in [1.165, 1.54) is 0 Å². The highest BCUT2D eigenvalue weighted by atomic mass is 127. The van der Waals surface area contributed by atoms with Gasteiger partial charge in [0, 0.05) is 16.8 Å². The van der Waals surface area contributed by atoms with Crippen LogP contribution in [0.15, 0.2) is 54.6 Å². The molecular weight excluding hydrogens is 353 g/mol. The molecule has 0 spiro atoms. The molecule has 2 rings (SSSR count). The number of benzene rings is 2. The molecule has 1 amide bonds. The molecule has 0 heterocycles. The minimum Gasteiger partial charge on any atom is -0.325 e. The summed E-state index contributed by atoms with van der Waals surface area (Å²) in [7, 11) is 0. The minimum absolute atomic E-state index is 0.0210. The highest BCUT2D eigenvalue weighted by molar-refractivity contribution is 14.1. The van der Waals surface area contributed by atoms with E-state index in [9.17, 15) is 9.59 Å². The van der Waals surface area contributed by atoms with Gasteiger partial charge in [0.1, 0.15) is 0 Å². The number of nitrogens with one attached hydrogen (secondary N) is 1. The van der Waals surface area contributed by atoms with Crippen LogP contribution < -0.4 is 5.32 Å². The van der Waals surface area contributed by atoms with Crippen LogP contribution in [-0.4, -0.2) is 16.1 Å². The fourth-order valence-electron chi connectivity index (χ4n) is 1.66. The van der Waals surface area contributed by atoms with Crippen molar-refractivity contribution < 1.29 is 9.59 Å². The quantitative estimate of drug-likeness (QED) is 0.514. The maximum Gasteiger partial charge on any atom is 0.234 e. The standard InChI is InChI=1S/C15H12INO2/c16-10-14(18)17-13-8-6-12(7-9-13)15(19)11-4-2-1-3-5-11/h1-9H,10H2,(H,17,18). The lowest BCUT2D eigenvalue weighted by Crippen LogP contribution is -2.12. The lowest BCUT2D eigenvalue weighted by Gasteiger charge is -2.05. The van der Waals surface area contributed by atoms with Gasteiger partial charge in [-0.1, -0.05) is 52.9 Å². The first-order valence-corrected chi connectivity index (χ1v) is 7.29. The maximum absolute atomic E-state index is 12.1. The summed E-state index contributed by atoms with van der Waals surface area (Å²) in [4.78, 5) is 23.4. The van der Waals surface area contributed by atoms with Gasteiger partial charge in [-0.2, -0.15) is 0 Å². The zero-order valence-corrected chi connectivity index (χ0v) is 12.3. The molecule has 2 aromatic rings. The molecule has 19 heavy (non-hydrogen) atoms. The molecule has 0 bridgehead atoms. The van der Waals surface area contributed by atoms with Gasteiger partial charge in [0.2, 0.25) is 5.91 Å². The molecule has 0 aromatic heterocycles. The van der Waals surface area contributed by atoms with Gasteiger partial charge in [0.05, 0.1) is 4.43 Å². The Bertz CT molecular complexity index is 579. The second-order valence-corrected chi connectivity index (χ2v) is 4.72. The zero-order valence-electron chi connectivity index (χ0n) is 10.1. The van der Waals surface area contributed by atoms with E-state index in [0.29, 0.717) is 21.2 Å². The van der Waals surface area contributed by atoms with Crippen LogP contribution in [0.2, 0.25) is 0 Å². The van der Waals surface area contributed by atoms with Crippen LogP contribution in [0.1, 0.15) is 15.9 Å². The number of anilines is 1. The number of rotatable bonds is 4. The molecule has 0 aliphatic heterocycles. The lowest BCUT2D eigenvalue weighted by molar-refractivity contribution is -0.113. The molecule has 0 saturated carbocycles. The van der Waals surface area contributed by atoms with Crippen molar-refractivity contribution in [2.45, 2.75) is 0 Å². The number of alkyl halides is 1. The highest BCUT2D eigenvalue weighted by Crippen LogP contribution is 2.13. The molecule has 2 aromatic carbocycles. The topological polar surface area (TPSA) is 46.2 Å². The van der Waals surface area contributed by atoms with Crippen LogP contribution in [0.4, 0.5) is 5.69 Å². The second kappa shape index (κ2) is 6.47. The number of carbonyl (C=O) groups is 2. The number of hydrogen-bond acceptors (Lipinski definition) is 2. The summed E-state index contributed by atoms with van der Waals surface area (Å²) < 4.78 is 0.405. The Kier molecular flexibility index (Phi) is 4.68. The van der Waals surface area contributed by atoms with Gasteiger partial charge in [0.15, 0.2) is 5.78 Å². The van der Waals surface area contributed by atoms with Crippen molar-refractivity contribution in [3.63, 3.8) is 0 Å². The largest absolute Gasteiger partial charge is 0.325 e. The third kappa shape index (κ3) is 3.64. The molecule has 96 valence electrons. The molecule has 4 heteroatoms. The van der Waals surface area contributed by atoms with Crippen LogP contribution in [0.3, 0.4) is 0 Å². The van der Waals surface area contributed by atoms with Crippen molar-refractivity contribution in [3.8, 4) is 0 Å². The van der Waals surface area contributed by atoms with Crippen molar-refractivity contribution >= 4 is 40.0 Å². The minimum atomic E-state index is -0.0530. The number of hydrogen-bond donors (Lipinski definition) is 1. The van der Waals surface area contributed by atoms with Crippen LogP contribution in [0, 0.1) is 0 Å². The van der Waals surface area contributed by atoms with Gasteiger partial charge < -0.3 is 5.32 Å². The summed E-state index contributed by atoms with van der Waals surface area (Å²) in [5, 5.41) is 2.74. The monoisotopic (exact) mass is 365 g/mol. The number of amides is 1. The fourth-order valence-corrected chi connectivity index (χ4v) is 1.85. The predicted molar refractivity (Wildman–Crippen MR) is 83.8 cm³/mol. The van der Waals surface area contributed by atoms with E-state index in [1.54, 1.807) is 36.4 Å². The zero-order chi connectivity index (χ0) is 13.7. The van der Waals surface area contributed by atoms with Gasteiger partial charge in [-0.25, -0.2) is 0 Å². The van der Waals surface area contributed by atoms with Crippen molar-refractivity contribution in [3.05, 3.63) is 65.7 Å². The molecule has 0 fully saturated rings. The number of halogens is 1. The number of carbonyl (C=O) groups excluding carboxylic acids is 2. The molecule has 0 radical (unpaired) electrons. The first-order chi connectivity index (χ1) is 9.20. The van der Waals surface area contributed by atoms with Crippen LogP contribution in [-0.2, 0) is 4.79 Å². The Morgan fingerprint density at radius 1 is 0.895 bits per heavy atom. The van der Waals surface area contributed by atoms with E-state index in [1.807, 2.05) is 40.8 Å². The van der Waals surface area contributed by atoms with Crippen LogP contribution >= 0.6 is 22.6 Å². The maximum atomic E-state index is 12.1. The summed E-state index contributed by atoms with van der Waals surface area (Å²) in [6.45, 7) is 0. The molecule has 0 atom stereocenters. The molecular formula is C15H12INO2. The molecule has 0 aliphatic carbocycles. The van der Waals surface area contributed by atoms with E-state index >= 15 is 0 Å². The average Bonchev–Trinajstić information content (AvgIpc) is 2.48. The SMILES string of the molecule is O=C(CI)Nc1ccc(C(=O)c2ccccc2)cc1. The third-order valence-corrected chi connectivity index (χ3v) is 3.28. The van der Waals surface area contributed by atoms with Crippen LogP contribution in [0.25, 0.3) is 0 Å². The Hall–Kier alpha value is -1.69. The van der Waals surface area contributed by atoms with Crippen molar-refractivity contribution in [2.24, 2.45) is 0 Å². The molecule has 1 N–H and O–H groups in total. The lowest BCUT2D eigenvalue weighted by atomic mass is 10.0. The summed E-state index contributed by atoms with van der Waals surface area (Å²) >= 11 is 2.00. The van der Waals surface area contributed by atoms with E-state index in [0.717, 1.165) is 0 Å². The van der Waals surface area contributed by atoms with Gasteiger partial charge >= 0.3 is 0 Å². The normalized spacial score (nSPS) is 9.95. The van der Waals surface area contributed by atoms with Crippen molar-refractivity contribution in [1.82, 2.24) is 0 Å². The highest BCUT2D eigenvalue weighted by Gasteiger charge is 2.08. The Morgan fingerprint density at radius 3 is 2.05 bits per heavy atom.